The van der Waals surface area contributed by atoms with Gasteiger partial charge in [0.25, 0.3) is 0 Å². The van der Waals surface area contributed by atoms with E-state index in [1.807, 2.05) is 25.7 Å². The van der Waals surface area contributed by atoms with E-state index in [2.05, 4.69) is 43.1 Å². The second-order valence-electron chi connectivity index (χ2n) is 12.0. The summed E-state index contributed by atoms with van der Waals surface area (Å²) >= 11 is 0. The summed E-state index contributed by atoms with van der Waals surface area (Å²) in [6.07, 6.45) is 8.31. The highest BCUT2D eigenvalue weighted by molar-refractivity contribution is 5.69. The molecule has 1 N–H and O–H groups in total. The van der Waals surface area contributed by atoms with E-state index in [1.54, 1.807) is 0 Å². The summed E-state index contributed by atoms with van der Waals surface area (Å²) in [5.74, 6) is 0.547. The van der Waals surface area contributed by atoms with Crippen molar-refractivity contribution in [2.24, 2.45) is 5.92 Å². The highest BCUT2D eigenvalue weighted by atomic mass is 16.6. The molecule has 3 aliphatic rings. The van der Waals surface area contributed by atoms with Gasteiger partial charge in [0.05, 0.1) is 0 Å². The highest BCUT2D eigenvalue weighted by Crippen LogP contribution is 2.37. The molecule has 0 aromatic heterocycles. The lowest BCUT2D eigenvalue weighted by molar-refractivity contribution is 0.0159. The van der Waals surface area contributed by atoms with Gasteiger partial charge >= 0.3 is 6.09 Å². The van der Waals surface area contributed by atoms with Crippen molar-refractivity contribution in [1.82, 2.24) is 20.0 Å². The van der Waals surface area contributed by atoms with Crippen LogP contribution in [0.15, 0.2) is 0 Å². The van der Waals surface area contributed by atoms with Gasteiger partial charge in [0.2, 0.25) is 0 Å². The molecule has 1 aliphatic carbocycles. The molecule has 0 radical (unpaired) electrons. The highest BCUT2D eigenvalue weighted by Gasteiger charge is 2.42. The van der Waals surface area contributed by atoms with Crippen molar-refractivity contribution < 1.29 is 9.53 Å². The largest absolute Gasteiger partial charge is 0.444 e. The van der Waals surface area contributed by atoms with E-state index < -0.39 is 5.60 Å². The SMILES string of the molecule is CN(C)C1CCN(C(C)(C)CNC2CCCC2C2CCCN2C(=O)OC(C)(C)C)CC1. The number of carbonyl (C=O) groups is 1. The van der Waals surface area contributed by atoms with Crippen molar-refractivity contribution in [1.29, 1.82) is 0 Å². The van der Waals surface area contributed by atoms with Crippen LogP contribution in [0.3, 0.4) is 0 Å². The summed E-state index contributed by atoms with van der Waals surface area (Å²) in [6.45, 7) is 14.9. The van der Waals surface area contributed by atoms with Crippen LogP contribution in [-0.2, 0) is 4.74 Å². The van der Waals surface area contributed by atoms with Gasteiger partial charge in [-0.25, -0.2) is 4.79 Å². The summed E-state index contributed by atoms with van der Waals surface area (Å²) in [7, 11) is 4.41. The quantitative estimate of drug-likeness (QED) is 0.683. The lowest BCUT2D eigenvalue weighted by atomic mass is 9.91. The van der Waals surface area contributed by atoms with E-state index in [0.717, 1.165) is 32.0 Å². The first-order valence-electron chi connectivity index (χ1n) is 12.6. The normalized spacial score (nSPS) is 29.2. The lowest BCUT2D eigenvalue weighted by Gasteiger charge is -2.45. The molecule has 0 spiro atoms. The van der Waals surface area contributed by atoms with Crippen LogP contribution in [0.2, 0.25) is 0 Å². The summed E-state index contributed by atoms with van der Waals surface area (Å²) in [5.41, 5.74) is -0.271. The first-order valence-corrected chi connectivity index (χ1v) is 12.6. The molecular weight excluding hydrogens is 388 g/mol. The molecule has 2 saturated heterocycles. The third-order valence-electron chi connectivity index (χ3n) is 7.84. The number of likely N-dealkylation sites (tertiary alicyclic amines) is 2. The molecule has 1 amide bonds. The number of amides is 1. The van der Waals surface area contributed by atoms with E-state index in [9.17, 15) is 4.79 Å². The van der Waals surface area contributed by atoms with Crippen LogP contribution in [0.4, 0.5) is 4.79 Å². The van der Waals surface area contributed by atoms with Gasteiger partial charge in [-0.3, -0.25) is 4.90 Å². The second-order valence-corrected chi connectivity index (χ2v) is 12.0. The van der Waals surface area contributed by atoms with Crippen molar-refractivity contribution in [2.75, 3.05) is 40.3 Å². The van der Waals surface area contributed by atoms with E-state index in [0.29, 0.717) is 18.0 Å². The number of carbonyl (C=O) groups excluding carboxylic acids is 1. The Morgan fingerprint density at radius 1 is 0.968 bits per heavy atom. The molecule has 3 rings (SSSR count). The van der Waals surface area contributed by atoms with E-state index in [-0.39, 0.29) is 11.6 Å². The van der Waals surface area contributed by atoms with E-state index >= 15 is 0 Å². The Hall–Kier alpha value is -0.850. The zero-order valence-electron chi connectivity index (χ0n) is 21.2. The minimum Gasteiger partial charge on any atom is -0.444 e. The standard InChI is InChI=1S/C25H48N4O2/c1-24(2,3)31-23(30)29-15-9-12-22(29)20-10-8-11-21(20)26-18-25(4,5)28-16-13-19(14-17-28)27(6)7/h19-22,26H,8-18H2,1-7H3. The first-order chi connectivity index (χ1) is 14.5. The number of hydrogen-bond acceptors (Lipinski definition) is 5. The Balaban J connectivity index is 1.55. The summed E-state index contributed by atoms with van der Waals surface area (Å²) in [6, 6.07) is 1.56. The van der Waals surface area contributed by atoms with Crippen molar-refractivity contribution in [2.45, 2.75) is 109 Å². The average Bonchev–Trinajstić information content (AvgIpc) is 3.34. The Bertz CT molecular complexity index is 593. The second kappa shape index (κ2) is 9.96. The number of nitrogens with zero attached hydrogens (tertiary/aromatic N) is 3. The fraction of sp³-hybridized carbons (Fsp3) is 0.960. The van der Waals surface area contributed by atoms with Gasteiger partial charge in [-0.15, -0.1) is 0 Å². The molecule has 6 nitrogen and oxygen atoms in total. The zero-order valence-corrected chi connectivity index (χ0v) is 21.2. The summed E-state index contributed by atoms with van der Waals surface area (Å²) in [4.78, 5) is 19.9. The Morgan fingerprint density at radius 3 is 2.26 bits per heavy atom. The van der Waals surface area contributed by atoms with Gasteiger partial charge in [-0.1, -0.05) is 6.42 Å². The number of ether oxygens (including phenoxy) is 1. The monoisotopic (exact) mass is 436 g/mol. The molecule has 3 fully saturated rings. The average molecular weight is 437 g/mol. The van der Waals surface area contributed by atoms with Crippen molar-refractivity contribution in [3.63, 3.8) is 0 Å². The maximum absolute atomic E-state index is 12.8. The van der Waals surface area contributed by atoms with Crippen molar-refractivity contribution in [3.05, 3.63) is 0 Å². The first kappa shape index (κ1) is 24.8. The predicted octanol–water partition coefficient (Wildman–Crippen LogP) is 3.95. The minimum atomic E-state index is -0.429. The molecule has 2 aliphatic heterocycles. The Morgan fingerprint density at radius 2 is 1.65 bits per heavy atom. The fourth-order valence-electron chi connectivity index (χ4n) is 5.97. The predicted molar refractivity (Wildman–Crippen MR) is 127 cm³/mol. The van der Waals surface area contributed by atoms with Crippen LogP contribution < -0.4 is 5.32 Å². The molecule has 6 heteroatoms. The van der Waals surface area contributed by atoms with Crippen LogP contribution in [-0.4, -0.2) is 90.3 Å². The number of piperidine rings is 1. The molecule has 0 bridgehead atoms. The molecule has 1 saturated carbocycles. The zero-order chi connectivity index (χ0) is 22.8. The van der Waals surface area contributed by atoms with Crippen molar-refractivity contribution >= 4 is 6.09 Å². The Labute approximate surface area is 191 Å². The van der Waals surface area contributed by atoms with Crippen LogP contribution in [0, 0.1) is 5.92 Å². The smallest absolute Gasteiger partial charge is 0.410 e. The van der Waals surface area contributed by atoms with Gasteiger partial charge in [0.1, 0.15) is 5.60 Å². The van der Waals surface area contributed by atoms with Crippen LogP contribution >= 0.6 is 0 Å². The maximum Gasteiger partial charge on any atom is 0.410 e. The lowest BCUT2D eigenvalue weighted by Crippen LogP contribution is -2.57. The molecule has 180 valence electrons. The minimum absolute atomic E-state index is 0.121. The van der Waals surface area contributed by atoms with Crippen LogP contribution in [0.1, 0.15) is 79.6 Å². The fourth-order valence-corrected chi connectivity index (χ4v) is 5.97. The Kier molecular flexibility index (Phi) is 7.97. The van der Waals surface area contributed by atoms with Gasteiger partial charge < -0.3 is 19.9 Å². The van der Waals surface area contributed by atoms with Crippen molar-refractivity contribution in [3.8, 4) is 0 Å². The van der Waals surface area contributed by atoms with E-state index in [1.165, 1.54) is 45.2 Å². The molecule has 2 heterocycles. The molecule has 3 atom stereocenters. The maximum atomic E-state index is 12.8. The van der Waals surface area contributed by atoms with Gasteiger partial charge in [0.15, 0.2) is 0 Å². The third-order valence-corrected chi connectivity index (χ3v) is 7.84. The van der Waals surface area contributed by atoms with E-state index in [4.69, 9.17) is 4.74 Å². The molecule has 3 unspecified atom stereocenters. The summed E-state index contributed by atoms with van der Waals surface area (Å²) in [5, 5.41) is 3.96. The molecule has 0 aromatic carbocycles. The van der Waals surface area contributed by atoms with Gasteiger partial charge in [-0.2, -0.15) is 0 Å². The number of hydrogen-bond donors (Lipinski definition) is 1. The number of nitrogens with one attached hydrogen (secondary N) is 1. The van der Waals surface area contributed by atoms with Crippen LogP contribution in [0.5, 0.6) is 0 Å². The van der Waals surface area contributed by atoms with Gasteiger partial charge in [0, 0.05) is 49.8 Å². The number of rotatable bonds is 6. The summed E-state index contributed by atoms with van der Waals surface area (Å²) < 4.78 is 5.72. The third kappa shape index (κ3) is 6.35. The van der Waals surface area contributed by atoms with Crippen LogP contribution in [0.25, 0.3) is 0 Å². The molecule has 31 heavy (non-hydrogen) atoms. The topological polar surface area (TPSA) is 48.0 Å². The molecule has 0 aromatic rings. The van der Waals surface area contributed by atoms with Gasteiger partial charge in [-0.05, 0) is 93.2 Å². The molecular formula is C25H48N4O2.